The second-order valence-electron chi connectivity index (χ2n) is 5.86. The zero-order valence-electron chi connectivity index (χ0n) is 14.0. The molecule has 1 unspecified atom stereocenters. The van der Waals surface area contributed by atoms with Gasteiger partial charge in [-0.1, -0.05) is 30.3 Å². The van der Waals surface area contributed by atoms with Crippen LogP contribution in [0.4, 0.5) is 5.69 Å². The maximum atomic E-state index is 12.3. The lowest BCUT2D eigenvalue weighted by Gasteiger charge is -2.25. The highest BCUT2D eigenvalue weighted by Crippen LogP contribution is 2.20. The third-order valence-electron chi connectivity index (χ3n) is 3.92. The summed E-state index contributed by atoms with van der Waals surface area (Å²) in [5, 5.41) is 13.8. The number of nitrogens with zero attached hydrogens (tertiary/aromatic N) is 2. The van der Waals surface area contributed by atoms with Crippen LogP contribution in [0.3, 0.4) is 0 Å². The number of hydrogen-bond donors (Lipinski definition) is 1. The molecule has 2 aromatic rings. The number of aryl methyl sites for hydroxylation is 1. The van der Waals surface area contributed by atoms with Crippen molar-refractivity contribution in [3.8, 4) is 0 Å². The molecule has 0 saturated heterocycles. The lowest BCUT2D eigenvalue weighted by Crippen LogP contribution is -2.34. The van der Waals surface area contributed by atoms with E-state index in [1.165, 1.54) is 12.1 Å². The van der Waals surface area contributed by atoms with Crippen molar-refractivity contribution in [2.24, 2.45) is 0 Å². The van der Waals surface area contributed by atoms with Crippen molar-refractivity contribution in [1.29, 1.82) is 0 Å². The zero-order chi connectivity index (χ0) is 17.7. The van der Waals surface area contributed by atoms with Crippen molar-refractivity contribution in [2.75, 3.05) is 20.6 Å². The Labute approximate surface area is 141 Å². The number of nitro benzene ring substituents is 1. The fourth-order valence-corrected chi connectivity index (χ4v) is 2.57. The SMILES string of the molecule is Cc1cc(C(=O)NCC(c2ccccc2)N(C)C)ccc1[N+](=O)[O-]. The fraction of sp³-hybridized carbons (Fsp3) is 0.278. The number of nitrogens with one attached hydrogen (secondary N) is 1. The predicted molar refractivity (Wildman–Crippen MR) is 93.0 cm³/mol. The van der Waals surface area contributed by atoms with Crippen LogP contribution in [-0.2, 0) is 0 Å². The van der Waals surface area contributed by atoms with Gasteiger partial charge in [0.05, 0.1) is 11.0 Å². The number of likely N-dealkylation sites (N-methyl/N-ethyl adjacent to an activating group) is 1. The van der Waals surface area contributed by atoms with Crippen molar-refractivity contribution < 1.29 is 9.72 Å². The van der Waals surface area contributed by atoms with Gasteiger partial charge in [-0.25, -0.2) is 0 Å². The first-order chi connectivity index (χ1) is 11.4. The molecule has 0 spiro atoms. The van der Waals surface area contributed by atoms with E-state index in [2.05, 4.69) is 5.32 Å². The number of rotatable bonds is 6. The summed E-state index contributed by atoms with van der Waals surface area (Å²) in [7, 11) is 3.92. The molecule has 1 atom stereocenters. The molecule has 0 aliphatic heterocycles. The smallest absolute Gasteiger partial charge is 0.272 e. The maximum Gasteiger partial charge on any atom is 0.272 e. The van der Waals surface area contributed by atoms with Crippen molar-refractivity contribution >= 4 is 11.6 Å². The summed E-state index contributed by atoms with van der Waals surface area (Å²) in [5.74, 6) is -0.240. The minimum Gasteiger partial charge on any atom is -0.350 e. The summed E-state index contributed by atoms with van der Waals surface area (Å²) in [4.78, 5) is 24.8. The van der Waals surface area contributed by atoms with Crippen molar-refractivity contribution in [1.82, 2.24) is 10.2 Å². The topological polar surface area (TPSA) is 75.5 Å². The van der Waals surface area contributed by atoms with E-state index in [1.54, 1.807) is 13.0 Å². The Kier molecular flexibility index (Phi) is 5.65. The molecule has 2 aromatic carbocycles. The summed E-state index contributed by atoms with van der Waals surface area (Å²) in [6.07, 6.45) is 0. The lowest BCUT2D eigenvalue weighted by molar-refractivity contribution is -0.385. The number of benzene rings is 2. The van der Waals surface area contributed by atoms with E-state index in [4.69, 9.17) is 0 Å². The molecule has 0 fully saturated rings. The van der Waals surface area contributed by atoms with Gasteiger partial charge >= 0.3 is 0 Å². The molecule has 0 aliphatic carbocycles. The summed E-state index contributed by atoms with van der Waals surface area (Å²) in [6, 6.07) is 14.4. The molecule has 0 radical (unpaired) electrons. The summed E-state index contributed by atoms with van der Waals surface area (Å²) in [6.45, 7) is 2.08. The van der Waals surface area contributed by atoms with Gasteiger partial charge in [0.25, 0.3) is 11.6 Å². The van der Waals surface area contributed by atoms with Gasteiger partial charge in [-0.15, -0.1) is 0 Å². The van der Waals surface area contributed by atoms with E-state index in [0.29, 0.717) is 17.7 Å². The molecule has 0 aromatic heterocycles. The van der Waals surface area contributed by atoms with Gasteiger partial charge in [0.2, 0.25) is 0 Å². The van der Waals surface area contributed by atoms with Gasteiger partial charge in [-0.2, -0.15) is 0 Å². The van der Waals surface area contributed by atoms with Crippen LogP contribution in [0.5, 0.6) is 0 Å². The van der Waals surface area contributed by atoms with Gasteiger partial charge in [-0.05, 0) is 38.7 Å². The standard InChI is InChI=1S/C18H21N3O3/c1-13-11-15(9-10-16(13)21(23)24)18(22)19-12-17(20(2)3)14-7-5-4-6-8-14/h4-11,17H,12H2,1-3H3,(H,19,22). The van der Waals surface area contributed by atoms with Crippen LogP contribution in [-0.4, -0.2) is 36.4 Å². The van der Waals surface area contributed by atoms with Gasteiger partial charge in [0, 0.05) is 23.7 Å². The molecule has 0 heterocycles. The van der Waals surface area contributed by atoms with Gasteiger partial charge in [0.1, 0.15) is 0 Å². The second kappa shape index (κ2) is 7.70. The van der Waals surface area contributed by atoms with E-state index in [1.807, 2.05) is 49.3 Å². The zero-order valence-corrected chi connectivity index (χ0v) is 14.0. The minimum absolute atomic E-state index is 0.0157. The van der Waals surface area contributed by atoms with E-state index in [0.717, 1.165) is 5.56 Å². The Morgan fingerprint density at radius 3 is 2.42 bits per heavy atom. The highest BCUT2D eigenvalue weighted by Gasteiger charge is 2.17. The number of carbonyl (C=O) groups is 1. The maximum absolute atomic E-state index is 12.3. The Hall–Kier alpha value is -2.73. The highest BCUT2D eigenvalue weighted by atomic mass is 16.6. The molecule has 1 amide bonds. The molecular weight excluding hydrogens is 306 g/mol. The van der Waals surface area contributed by atoms with Crippen LogP contribution in [0.25, 0.3) is 0 Å². The van der Waals surface area contributed by atoms with Crippen LogP contribution in [0.15, 0.2) is 48.5 Å². The van der Waals surface area contributed by atoms with E-state index in [-0.39, 0.29) is 17.6 Å². The van der Waals surface area contributed by atoms with Crippen LogP contribution in [0.2, 0.25) is 0 Å². The fourth-order valence-electron chi connectivity index (χ4n) is 2.57. The van der Waals surface area contributed by atoms with Crippen molar-refractivity contribution in [2.45, 2.75) is 13.0 Å². The Bertz CT molecular complexity index is 730. The second-order valence-corrected chi connectivity index (χ2v) is 5.86. The molecule has 24 heavy (non-hydrogen) atoms. The monoisotopic (exact) mass is 327 g/mol. The van der Waals surface area contributed by atoms with Crippen LogP contribution >= 0.6 is 0 Å². The Morgan fingerprint density at radius 2 is 1.88 bits per heavy atom. The Balaban J connectivity index is 2.09. The van der Waals surface area contributed by atoms with Crippen molar-refractivity contribution in [3.63, 3.8) is 0 Å². The van der Waals surface area contributed by atoms with E-state index < -0.39 is 4.92 Å². The number of nitro groups is 1. The average molecular weight is 327 g/mol. The molecule has 6 heteroatoms. The molecule has 1 N–H and O–H groups in total. The first-order valence-electron chi connectivity index (χ1n) is 7.64. The van der Waals surface area contributed by atoms with Crippen LogP contribution in [0, 0.1) is 17.0 Å². The molecule has 6 nitrogen and oxygen atoms in total. The number of hydrogen-bond acceptors (Lipinski definition) is 4. The summed E-state index contributed by atoms with van der Waals surface area (Å²) < 4.78 is 0. The molecule has 0 aliphatic rings. The normalized spacial score (nSPS) is 12.0. The van der Waals surface area contributed by atoms with Gasteiger partial charge < -0.3 is 10.2 Å². The first kappa shape index (κ1) is 17.6. The lowest BCUT2D eigenvalue weighted by atomic mass is 10.1. The highest BCUT2D eigenvalue weighted by molar-refractivity contribution is 5.94. The molecule has 126 valence electrons. The van der Waals surface area contributed by atoms with Crippen molar-refractivity contribution in [3.05, 3.63) is 75.3 Å². The predicted octanol–water partition coefficient (Wildman–Crippen LogP) is 2.94. The molecular formula is C18H21N3O3. The number of amides is 1. The van der Waals surface area contributed by atoms with E-state index >= 15 is 0 Å². The van der Waals surface area contributed by atoms with E-state index in [9.17, 15) is 14.9 Å². The van der Waals surface area contributed by atoms with Crippen LogP contribution in [0.1, 0.15) is 27.5 Å². The third kappa shape index (κ3) is 4.17. The molecule has 0 bridgehead atoms. The van der Waals surface area contributed by atoms with Gasteiger partial charge in [-0.3, -0.25) is 14.9 Å². The first-order valence-corrected chi connectivity index (χ1v) is 7.64. The minimum atomic E-state index is -0.450. The van der Waals surface area contributed by atoms with Crippen LogP contribution < -0.4 is 5.32 Å². The number of carbonyl (C=O) groups excluding carboxylic acids is 1. The quantitative estimate of drug-likeness (QED) is 0.654. The third-order valence-corrected chi connectivity index (χ3v) is 3.92. The molecule has 2 rings (SSSR count). The molecule has 0 saturated carbocycles. The summed E-state index contributed by atoms with van der Waals surface area (Å²) in [5.41, 5.74) is 2.02. The average Bonchev–Trinajstić information content (AvgIpc) is 2.55. The summed E-state index contributed by atoms with van der Waals surface area (Å²) >= 11 is 0. The largest absolute Gasteiger partial charge is 0.350 e. The van der Waals surface area contributed by atoms with Gasteiger partial charge in [0.15, 0.2) is 0 Å². The Morgan fingerprint density at radius 1 is 1.21 bits per heavy atom.